The average molecular weight is 170 g/mol. The third kappa shape index (κ3) is 3.42. The van der Waals surface area contributed by atoms with Crippen LogP contribution in [-0.2, 0) is 4.79 Å². The van der Waals surface area contributed by atoms with Gasteiger partial charge in [-0.25, -0.2) is 0 Å². The van der Waals surface area contributed by atoms with Gasteiger partial charge in [0, 0.05) is 0 Å². The van der Waals surface area contributed by atoms with Crippen LogP contribution in [0.25, 0.3) is 0 Å². The lowest BCUT2D eigenvalue weighted by Crippen LogP contribution is -2.46. The molecule has 3 heteroatoms. The molecule has 0 rings (SSSR count). The van der Waals surface area contributed by atoms with Crippen molar-refractivity contribution in [3.8, 4) is 0 Å². The standard InChI is InChI=1S/C9H18N2O/c1-6(12)8(9(3,4)5)11-7(2)10/h8,11H,2,10H2,1,3-5H3. The Morgan fingerprint density at radius 3 is 2.00 bits per heavy atom. The van der Waals surface area contributed by atoms with E-state index in [9.17, 15) is 4.79 Å². The molecule has 0 aromatic carbocycles. The highest BCUT2D eigenvalue weighted by atomic mass is 16.1. The van der Waals surface area contributed by atoms with Crippen LogP contribution in [-0.4, -0.2) is 11.8 Å². The molecule has 0 amide bonds. The topological polar surface area (TPSA) is 55.1 Å². The molecule has 0 aromatic heterocycles. The molecule has 0 aliphatic rings. The van der Waals surface area contributed by atoms with E-state index in [1.807, 2.05) is 20.8 Å². The molecule has 0 aliphatic carbocycles. The first kappa shape index (κ1) is 11.0. The zero-order valence-electron chi connectivity index (χ0n) is 8.27. The summed E-state index contributed by atoms with van der Waals surface area (Å²) in [5.41, 5.74) is 5.24. The van der Waals surface area contributed by atoms with Gasteiger partial charge in [0.2, 0.25) is 0 Å². The van der Waals surface area contributed by atoms with Gasteiger partial charge in [-0.15, -0.1) is 0 Å². The second-order valence-corrected chi connectivity index (χ2v) is 4.08. The second kappa shape index (κ2) is 3.61. The fraction of sp³-hybridized carbons (Fsp3) is 0.667. The van der Waals surface area contributed by atoms with E-state index in [4.69, 9.17) is 5.73 Å². The predicted octanol–water partition coefficient (Wildman–Crippen LogP) is 1.01. The molecule has 0 saturated heterocycles. The SMILES string of the molecule is C=C(N)NC(C(C)=O)C(C)(C)C. The Labute approximate surface area is 74.0 Å². The summed E-state index contributed by atoms with van der Waals surface area (Å²) >= 11 is 0. The molecule has 1 unspecified atom stereocenters. The van der Waals surface area contributed by atoms with Crippen molar-refractivity contribution >= 4 is 5.78 Å². The number of carbonyl (C=O) groups is 1. The molecule has 0 heterocycles. The summed E-state index contributed by atoms with van der Waals surface area (Å²) in [4.78, 5) is 11.2. The van der Waals surface area contributed by atoms with Crippen LogP contribution in [0.15, 0.2) is 12.4 Å². The van der Waals surface area contributed by atoms with Gasteiger partial charge in [0.25, 0.3) is 0 Å². The van der Waals surface area contributed by atoms with Crippen LogP contribution in [0.3, 0.4) is 0 Å². The fourth-order valence-electron chi connectivity index (χ4n) is 1.11. The minimum Gasteiger partial charge on any atom is -0.386 e. The van der Waals surface area contributed by atoms with Gasteiger partial charge in [-0.3, -0.25) is 4.79 Å². The molecule has 0 radical (unpaired) electrons. The minimum absolute atomic E-state index is 0.0779. The summed E-state index contributed by atoms with van der Waals surface area (Å²) in [6.07, 6.45) is 0. The Kier molecular flexibility index (Phi) is 3.31. The Balaban J connectivity index is 4.46. The lowest BCUT2D eigenvalue weighted by molar-refractivity contribution is -0.121. The van der Waals surface area contributed by atoms with Crippen molar-refractivity contribution in [1.82, 2.24) is 5.32 Å². The number of carbonyl (C=O) groups excluding carboxylic acids is 1. The highest BCUT2D eigenvalue weighted by Crippen LogP contribution is 2.20. The van der Waals surface area contributed by atoms with Crippen LogP contribution in [0.4, 0.5) is 0 Å². The molecule has 0 bridgehead atoms. The fourth-order valence-corrected chi connectivity index (χ4v) is 1.11. The van der Waals surface area contributed by atoms with E-state index in [-0.39, 0.29) is 17.2 Å². The summed E-state index contributed by atoms with van der Waals surface area (Å²) in [6, 6.07) is -0.255. The van der Waals surface area contributed by atoms with Gasteiger partial charge in [-0.2, -0.15) is 0 Å². The van der Waals surface area contributed by atoms with Gasteiger partial charge in [0.1, 0.15) is 0 Å². The van der Waals surface area contributed by atoms with E-state index in [1.165, 1.54) is 0 Å². The summed E-state index contributed by atoms with van der Waals surface area (Å²) in [7, 11) is 0. The molecule has 0 aromatic rings. The maximum atomic E-state index is 11.2. The molecular weight excluding hydrogens is 152 g/mol. The number of hydrogen-bond acceptors (Lipinski definition) is 3. The second-order valence-electron chi connectivity index (χ2n) is 4.08. The predicted molar refractivity (Wildman–Crippen MR) is 50.4 cm³/mol. The number of Topliss-reactive ketones (excluding diaryl/α,β-unsaturated/α-hetero) is 1. The van der Waals surface area contributed by atoms with Crippen LogP contribution in [0, 0.1) is 5.41 Å². The molecule has 0 spiro atoms. The summed E-state index contributed by atoms with van der Waals surface area (Å²) in [6.45, 7) is 11.0. The van der Waals surface area contributed by atoms with Gasteiger partial charge < -0.3 is 11.1 Å². The number of rotatable bonds is 3. The largest absolute Gasteiger partial charge is 0.386 e. The van der Waals surface area contributed by atoms with Crippen molar-refractivity contribution in [1.29, 1.82) is 0 Å². The quantitative estimate of drug-likeness (QED) is 0.664. The van der Waals surface area contributed by atoms with E-state index >= 15 is 0 Å². The van der Waals surface area contributed by atoms with Crippen LogP contribution < -0.4 is 11.1 Å². The maximum Gasteiger partial charge on any atom is 0.152 e. The van der Waals surface area contributed by atoms with Crippen LogP contribution in [0.1, 0.15) is 27.7 Å². The molecule has 70 valence electrons. The lowest BCUT2D eigenvalue weighted by atomic mass is 9.84. The molecule has 3 nitrogen and oxygen atoms in total. The van der Waals surface area contributed by atoms with Gasteiger partial charge in [-0.1, -0.05) is 27.4 Å². The maximum absolute atomic E-state index is 11.2. The first-order valence-corrected chi connectivity index (χ1v) is 3.96. The van der Waals surface area contributed by atoms with Crippen LogP contribution in [0.2, 0.25) is 0 Å². The van der Waals surface area contributed by atoms with Gasteiger partial charge in [-0.05, 0) is 12.3 Å². The van der Waals surface area contributed by atoms with Crippen molar-refractivity contribution in [2.75, 3.05) is 0 Å². The van der Waals surface area contributed by atoms with Gasteiger partial charge >= 0.3 is 0 Å². The third-order valence-electron chi connectivity index (χ3n) is 1.60. The highest BCUT2D eigenvalue weighted by Gasteiger charge is 2.28. The van der Waals surface area contributed by atoms with Gasteiger partial charge in [0.05, 0.1) is 11.9 Å². The third-order valence-corrected chi connectivity index (χ3v) is 1.60. The Bertz CT molecular complexity index is 191. The van der Waals surface area contributed by atoms with Crippen molar-refractivity contribution in [3.05, 3.63) is 12.4 Å². The van der Waals surface area contributed by atoms with Crippen molar-refractivity contribution in [2.24, 2.45) is 11.1 Å². The molecular formula is C9H18N2O. The Morgan fingerprint density at radius 1 is 1.50 bits per heavy atom. The van der Waals surface area contributed by atoms with Crippen molar-refractivity contribution < 1.29 is 4.79 Å². The number of ketones is 1. The molecule has 1 atom stereocenters. The van der Waals surface area contributed by atoms with Crippen LogP contribution >= 0.6 is 0 Å². The zero-order chi connectivity index (χ0) is 9.94. The first-order chi connectivity index (χ1) is 5.25. The molecule has 12 heavy (non-hydrogen) atoms. The molecule has 3 N–H and O–H groups in total. The van der Waals surface area contributed by atoms with E-state index in [0.29, 0.717) is 5.82 Å². The van der Waals surface area contributed by atoms with E-state index in [0.717, 1.165) is 0 Å². The summed E-state index contributed by atoms with van der Waals surface area (Å²) < 4.78 is 0. The number of nitrogens with one attached hydrogen (secondary N) is 1. The summed E-state index contributed by atoms with van der Waals surface area (Å²) in [5, 5.41) is 2.85. The highest BCUT2D eigenvalue weighted by molar-refractivity contribution is 5.82. The van der Waals surface area contributed by atoms with Crippen molar-refractivity contribution in [2.45, 2.75) is 33.7 Å². The lowest BCUT2D eigenvalue weighted by Gasteiger charge is -2.29. The smallest absolute Gasteiger partial charge is 0.152 e. The average Bonchev–Trinajstić information content (AvgIpc) is 1.79. The zero-order valence-corrected chi connectivity index (χ0v) is 8.27. The van der Waals surface area contributed by atoms with E-state index in [2.05, 4.69) is 11.9 Å². The van der Waals surface area contributed by atoms with Gasteiger partial charge in [0.15, 0.2) is 5.78 Å². The van der Waals surface area contributed by atoms with Crippen LogP contribution in [0.5, 0.6) is 0 Å². The Hall–Kier alpha value is -0.990. The molecule has 0 aliphatic heterocycles. The first-order valence-electron chi connectivity index (χ1n) is 3.96. The van der Waals surface area contributed by atoms with Crippen molar-refractivity contribution in [3.63, 3.8) is 0 Å². The summed E-state index contributed by atoms with van der Waals surface area (Å²) in [5.74, 6) is 0.416. The normalized spacial score (nSPS) is 13.7. The molecule has 0 fully saturated rings. The number of nitrogens with two attached hydrogens (primary N) is 1. The molecule has 0 saturated carbocycles. The number of hydrogen-bond donors (Lipinski definition) is 2. The van der Waals surface area contributed by atoms with E-state index < -0.39 is 0 Å². The van der Waals surface area contributed by atoms with E-state index in [1.54, 1.807) is 6.92 Å². The Morgan fingerprint density at radius 2 is 1.92 bits per heavy atom. The monoisotopic (exact) mass is 170 g/mol. The minimum atomic E-state index is -0.255.